The first kappa shape index (κ1) is 11.2. The lowest BCUT2D eigenvalue weighted by Crippen LogP contribution is -2.45. The number of hydrogen-bond acceptors (Lipinski definition) is 2. The predicted molar refractivity (Wildman–Crippen MR) is 63.0 cm³/mol. The van der Waals surface area contributed by atoms with E-state index in [1.807, 2.05) is 6.08 Å². The van der Waals surface area contributed by atoms with Gasteiger partial charge in [0.2, 0.25) is 0 Å². The van der Waals surface area contributed by atoms with Crippen LogP contribution < -0.4 is 5.32 Å². The molecule has 1 saturated carbocycles. The molecule has 1 unspecified atom stereocenters. The van der Waals surface area contributed by atoms with Crippen molar-refractivity contribution in [1.82, 2.24) is 5.32 Å². The Balaban J connectivity index is 1.78. The summed E-state index contributed by atoms with van der Waals surface area (Å²) >= 11 is 0. The van der Waals surface area contributed by atoms with Crippen LogP contribution in [-0.2, 0) is 4.74 Å². The minimum absolute atomic E-state index is 0.254. The SMILES string of the molecule is C=CCCNC1CCOC2(CCCC2)C1. The van der Waals surface area contributed by atoms with Gasteiger partial charge in [-0.1, -0.05) is 18.9 Å². The van der Waals surface area contributed by atoms with Gasteiger partial charge in [0.25, 0.3) is 0 Å². The molecule has 1 aliphatic heterocycles. The maximum atomic E-state index is 6.00. The lowest BCUT2D eigenvalue weighted by atomic mass is 9.89. The van der Waals surface area contributed by atoms with Gasteiger partial charge in [-0.25, -0.2) is 0 Å². The molecule has 2 fully saturated rings. The van der Waals surface area contributed by atoms with Crippen LogP contribution in [0, 0.1) is 0 Å². The molecule has 2 rings (SSSR count). The Hall–Kier alpha value is -0.340. The van der Waals surface area contributed by atoms with Crippen molar-refractivity contribution in [3.63, 3.8) is 0 Å². The van der Waals surface area contributed by atoms with Crippen LogP contribution in [0.3, 0.4) is 0 Å². The lowest BCUT2D eigenvalue weighted by molar-refractivity contribution is -0.0834. The van der Waals surface area contributed by atoms with Gasteiger partial charge in [0.1, 0.15) is 0 Å². The number of nitrogens with one attached hydrogen (secondary N) is 1. The molecule has 2 heteroatoms. The topological polar surface area (TPSA) is 21.3 Å². The number of rotatable bonds is 4. The van der Waals surface area contributed by atoms with Gasteiger partial charge in [-0.15, -0.1) is 6.58 Å². The Bertz CT molecular complexity index is 209. The molecular formula is C13H23NO. The average Bonchev–Trinajstić information content (AvgIpc) is 2.67. The molecule has 2 aliphatic rings. The molecule has 1 N–H and O–H groups in total. The lowest BCUT2D eigenvalue weighted by Gasteiger charge is -2.38. The third-order valence-electron chi connectivity index (χ3n) is 3.79. The van der Waals surface area contributed by atoms with Crippen molar-refractivity contribution < 1.29 is 4.74 Å². The first-order valence-electron chi connectivity index (χ1n) is 6.33. The molecule has 0 radical (unpaired) electrons. The average molecular weight is 209 g/mol. The largest absolute Gasteiger partial charge is 0.375 e. The molecule has 2 nitrogen and oxygen atoms in total. The Morgan fingerprint density at radius 2 is 2.20 bits per heavy atom. The van der Waals surface area contributed by atoms with Gasteiger partial charge in [-0.3, -0.25) is 0 Å². The fourth-order valence-electron chi connectivity index (χ4n) is 2.96. The predicted octanol–water partition coefficient (Wildman–Crippen LogP) is 2.64. The highest BCUT2D eigenvalue weighted by molar-refractivity contribution is 4.93. The molecule has 0 bridgehead atoms. The van der Waals surface area contributed by atoms with Crippen LogP contribution in [-0.4, -0.2) is 24.8 Å². The molecule has 1 heterocycles. The second-order valence-electron chi connectivity index (χ2n) is 4.96. The van der Waals surface area contributed by atoms with E-state index in [4.69, 9.17) is 4.74 Å². The summed E-state index contributed by atoms with van der Waals surface area (Å²) in [6, 6.07) is 0.678. The molecule has 1 aliphatic carbocycles. The first-order chi connectivity index (χ1) is 7.35. The van der Waals surface area contributed by atoms with Crippen LogP contribution in [0.2, 0.25) is 0 Å². The minimum Gasteiger partial charge on any atom is -0.375 e. The fourth-order valence-corrected chi connectivity index (χ4v) is 2.96. The van der Waals surface area contributed by atoms with Gasteiger partial charge < -0.3 is 10.1 Å². The number of ether oxygens (including phenoxy) is 1. The molecule has 86 valence electrons. The second-order valence-corrected chi connectivity index (χ2v) is 4.96. The summed E-state index contributed by atoms with van der Waals surface area (Å²) < 4.78 is 6.00. The third-order valence-corrected chi connectivity index (χ3v) is 3.79. The third kappa shape index (κ3) is 2.82. The summed E-state index contributed by atoms with van der Waals surface area (Å²) in [5.41, 5.74) is 0.254. The Morgan fingerprint density at radius 1 is 1.40 bits per heavy atom. The summed E-state index contributed by atoms with van der Waals surface area (Å²) in [5.74, 6) is 0. The summed E-state index contributed by atoms with van der Waals surface area (Å²) in [6.45, 7) is 5.77. The van der Waals surface area contributed by atoms with Crippen LogP contribution >= 0.6 is 0 Å². The normalized spacial score (nSPS) is 29.5. The summed E-state index contributed by atoms with van der Waals surface area (Å²) in [6.07, 6.45) is 10.8. The van der Waals surface area contributed by atoms with E-state index in [1.165, 1.54) is 38.5 Å². The van der Waals surface area contributed by atoms with Gasteiger partial charge in [-0.05, 0) is 38.6 Å². The quantitative estimate of drug-likeness (QED) is 0.567. The van der Waals surface area contributed by atoms with Gasteiger partial charge in [0.05, 0.1) is 5.60 Å². The van der Waals surface area contributed by atoms with Gasteiger partial charge in [-0.2, -0.15) is 0 Å². The molecule has 0 aromatic rings. The van der Waals surface area contributed by atoms with Crippen molar-refractivity contribution >= 4 is 0 Å². The van der Waals surface area contributed by atoms with E-state index in [2.05, 4.69) is 11.9 Å². The smallest absolute Gasteiger partial charge is 0.0697 e. The summed E-state index contributed by atoms with van der Waals surface area (Å²) in [7, 11) is 0. The highest BCUT2D eigenvalue weighted by atomic mass is 16.5. The standard InChI is InChI=1S/C13H23NO/c1-2-3-9-14-12-6-10-15-13(11-12)7-4-5-8-13/h2,12,14H,1,3-11H2. The molecule has 0 amide bonds. The Kier molecular flexibility index (Phi) is 3.81. The molecule has 0 aromatic carbocycles. The van der Waals surface area contributed by atoms with E-state index in [9.17, 15) is 0 Å². The Morgan fingerprint density at radius 3 is 2.93 bits per heavy atom. The van der Waals surface area contributed by atoms with Crippen molar-refractivity contribution in [2.75, 3.05) is 13.2 Å². The second kappa shape index (κ2) is 5.13. The maximum Gasteiger partial charge on any atom is 0.0697 e. The molecule has 1 spiro atoms. The highest BCUT2D eigenvalue weighted by Crippen LogP contribution is 2.39. The molecular weight excluding hydrogens is 186 g/mol. The number of hydrogen-bond donors (Lipinski definition) is 1. The van der Waals surface area contributed by atoms with Crippen LogP contribution in [0.25, 0.3) is 0 Å². The van der Waals surface area contributed by atoms with Gasteiger partial charge in [0.15, 0.2) is 0 Å². The van der Waals surface area contributed by atoms with Crippen LogP contribution in [0.5, 0.6) is 0 Å². The fraction of sp³-hybridized carbons (Fsp3) is 0.846. The monoisotopic (exact) mass is 209 g/mol. The summed E-state index contributed by atoms with van der Waals surface area (Å²) in [5, 5.41) is 3.62. The first-order valence-corrected chi connectivity index (χ1v) is 6.33. The van der Waals surface area contributed by atoms with Crippen LogP contribution in [0.15, 0.2) is 12.7 Å². The molecule has 1 saturated heterocycles. The van der Waals surface area contributed by atoms with Crippen LogP contribution in [0.4, 0.5) is 0 Å². The van der Waals surface area contributed by atoms with E-state index in [1.54, 1.807) is 0 Å². The van der Waals surface area contributed by atoms with Crippen molar-refractivity contribution in [2.24, 2.45) is 0 Å². The zero-order chi connectivity index (χ0) is 10.6. The van der Waals surface area contributed by atoms with E-state index in [0.29, 0.717) is 6.04 Å². The summed E-state index contributed by atoms with van der Waals surface area (Å²) in [4.78, 5) is 0. The zero-order valence-corrected chi connectivity index (χ0v) is 9.63. The van der Waals surface area contributed by atoms with Crippen molar-refractivity contribution in [2.45, 2.75) is 56.6 Å². The molecule has 0 aromatic heterocycles. The highest BCUT2D eigenvalue weighted by Gasteiger charge is 2.39. The Labute approximate surface area is 93.1 Å². The molecule has 1 atom stereocenters. The van der Waals surface area contributed by atoms with E-state index in [-0.39, 0.29) is 5.60 Å². The van der Waals surface area contributed by atoms with Gasteiger partial charge >= 0.3 is 0 Å². The molecule has 15 heavy (non-hydrogen) atoms. The van der Waals surface area contributed by atoms with Crippen molar-refractivity contribution in [1.29, 1.82) is 0 Å². The van der Waals surface area contributed by atoms with Crippen LogP contribution in [0.1, 0.15) is 44.9 Å². The zero-order valence-electron chi connectivity index (χ0n) is 9.63. The van der Waals surface area contributed by atoms with Crippen molar-refractivity contribution in [3.05, 3.63) is 12.7 Å². The maximum absolute atomic E-state index is 6.00. The van der Waals surface area contributed by atoms with Gasteiger partial charge in [0, 0.05) is 12.6 Å². The van der Waals surface area contributed by atoms with E-state index in [0.717, 1.165) is 19.6 Å². The minimum atomic E-state index is 0.254. The van der Waals surface area contributed by atoms with Crippen molar-refractivity contribution in [3.8, 4) is 0 Å². The van der Waals surface area contributed by atoms with E-state index >= 15 is 0 Å². The van der Waals surface area contributed by atoms with E-state index < -0.39 is 0 Å².